The van der Waals surface area contributed by atoms with Crippen molar-refractivity contribution in [2.24, 2.45) is 0 Å². The second-order valence-corrected chi connectivity index (χ2v) is 8.57. The van der Waals surface area contributed by atoms with Gasteiger partial charge in [0.25, 0.3) is 0 Å². The third-order valence-corrected chi connectivity index (χ3v) is 7.12. The minimum absolute atomic E-state index is 0.0832. The first-order chi connectivity index (χ1) is 12.3. The average Bonchev–Trinajstić information content (AvgIpc) is 2.69. The molecule has 0 aliphatic rings. The van der Waals surface area contributed by atoms with Gasteiger partial charge in [-0.3, -0.25) is 0 Å². The Morgan fingerprint density at radius 1 is 0.760 bits per heavy atom. The lowest BCUT2D eigenvalue weighted by atomic mass is 10.4. The summed E-state index contributed by atoms with van der Waals surface area (Å²) in [6, 6.07) is 30.4. The van der Waals surface area contributed by atoms with Gasteiger partial charge in [0, 0.05) is 9.80 Å². The highest BCUT2D eigenvalue weighted by atomic mass is 32.2. The Hall–Kier alpha value is -2.16. The lowest BCUT2D eigenvalue weighted by Crippen LogP contribution is -2.04. The maximum absolute atomic E-state index is 3.87. The van der Waals surface area contributed by atoms with E-state index in [1.54, 1.807) is 11.8 Å². The van der Waals surface area contributed by atoms with E-state index in [2.05, 4.69) is 97.6 Å². The first-order valence-electron chi connectivity index (χ1n) is 8.23. The van der Waals surface area contributed by atoms with Crippen LogP contribution >= 0.6 is 11.8 Å². The SMILES string of the molecule is C=C/C(=C\C)Sc1ccc([S+](c2ccccc2)c2ccccc2)cc1. The molecule has 0 unspecified atom stereocenters. The predicted octanol–water partition coefficient (Wildman–Crippen LogP) is 6.96. The Balaban J connectivity index is 1.96. The molecule has 0 amide bonds. The van der Waals surface area contributed by atoms with Crippen molar-refractivity contribution in [3.05, 3.63) is 109 Å². The largest absolute Gasteiger partial charge is 0.166 e. The van der Waals surface area contributed by atoms with Crippen molar-refractivity contribution < 1.29 is 0 Å². The third kappa shape index (κ3) is 4.47. The Kier molecular flexibility index (Phi) is 6.21. The molecule has 0 radical (unpaired) electrons. The molecule has 0 N–H and O–H groups in total. The normalized spacial score (nSPS) is 11.5. The van der Waals surface area contributed by atoms with Crippen LogP contribution < -0.4 is 0 Å². The first-order valence-corrected chi connectivity index (χ1v) is 10.3. The van der Waals surface area contributed by atoms with Crippen LogP contribution in [0.1, 0.15) is 6.92 Å². The molecule has 0 bridgehead atoms. The van der Waals surface area contributed by atoms with Crippen LogP contribution in [0.4, 0.5) is 0 Å². The number of thioether (sulfide) groups is 1. The Morgan fingerprint density at radius 2 is 1.24 bits per heavy atom. The van der Waals surface area contributed by atoms with Gasteiger partial charge in [0.15, 0.2) is 14.7 Å². The van der Waals surface area contributed by atoms with Crippen LogP contribution in [0.15, 0.2) is 128 Å². The van der Waals surface area contributed by atoms with Crippen LogP contribution in [0, 0.1) is 0 Å². The molecular formula is C23H21S2+. The minimum Gasteiger partial charge on any atom is -0.0980 e. The van der Waals surface area contributed by atoms with Crippen molar-refractivity contribution >= 4 is 22.7 Å². The molecular weight excluding hydrogens is 340 g/mol. The van der Waals surface area contributed by atoms with Crippen LogP contribution in [-0.4, -0.2) is 0 Å². The van der Waals surface area contributed by atoms with Gasteiger partial charge in [-0.05, 0) is 55.5 Å². The number of allylic oxidation sites excluding steroid dienone is 2. The number of hydrogen-bond donors (Lipinski definition) is 0. The van der Waals surface area contributed by atoms with Gasteiger partial charge >= 0.3 is 0 Å². The lowest BCUT2D eigenvalue weighted by Gasteiger charge is -2.08. The maximum atomic E-state index is 3.87. The Bertz CT molecular complexity index is 795. The van der Waals surface area contributed by atoms with Crippen molar-refractivity contribution in [3.63, 3.8) is 0 Å². The molecule has 0 spiro atoms. The molecule has 0 aliphatic carbocycles. The number of hydrogen-bond acceptors (Lipinski definition) is 1. The summed E-state index contributed by atoms with van der Waals surface area (Å²) in [7, 11) is -0.0832. The molecule has 3 aromatic rings. The minimum atomic E-state index is -0.0832. The van der Waals surface area contributed by atoms with Crippen LogP contribution in [0.5, 0.6) is 0 Å². The summed E-state index contributed by atoms with van der Waals surface area (Å²) in [4.78, 5) is 6.44. The molecule has 0 fully saturated rings. The van der Waals surface area contributed by atoms with Crippen LogP contribution in [0.25, 0.3) is 0 Å². The fraction of sp³-hybridized carbons (Fsp3) is 0.0435. The van der Waals surface area contributed by atoms with E-state index in [1.165, 1.54) is 24.5 Å². The zero-order valence-corrected chi connectivity index (χ0v) is 15.9. The van der Waals surface area contributed by atoms with Gasteiger partial charge in [0.2, 0.25) is 0 Å². The van der Waals surface area contributed by atoms with Gasteiger partial charge in [-0.25, -0.2) is 0 Å². The van der Waals surface area contributed by atoms with Gasteiger partial charge in [-0.1, -0.05) is 66.9 Å². The van der Waals surface area contributed by atoms with Gasteiger partial charge in [-0.15, -0.1) is 0 Å². The molecule has 0 atom stereocenters. The zero-order valence-electron chi connectivity index (χ0n) is 14.3. The molecule has 124 valence electrons. The third-order valence-electron chi connectivity index (χ3n) is 3.74. The fourth-order valence-corrected chi connectivity index (χ4v) is 5.35. The van der Waals surface area contributed by atoms with Gasteiger partial charge in [-0.2, -0.15) is 0 Å². The summed E-state index contributed by atoms with van der Waals surface area (Å²) in [6.45, 7) is 5.91. The van der Waals surface area contributed by atoms with Crippen molar-refractivity contribution in [1.82, 2.24) is 0 Å². The first kappa shape index (κ1) is 17.7. The summed E-state index contributed by atoms with van der Waals surface area (Å²) < 4.78 is 0. The quantitative estimate of drug-likeness (QED) is 0.260. The molecule has 3 aromatic carbocycles. The highest BCUT2D eigenvalue weighted by molar-refractivity contribution is 8.03. The molecule has 3 rings (SSSR count). The predicted molar refractivity (Wildman–Crippen MR) is 111 cm³/mol. The van der Waals surface area contributed by atoms with Crippen LogP contribution in [0.2, 0.25) is 0 Å². The maximum Gasteiger partial charge on any atom is 0.166 e. The molecule has 0 aliphatic heterocycles. The number of benzene rings is 3. The smallest absolute Gasteiger partial charge is 0.0980 e. The standard InChI is InChI=1S/C23H21S2/c1-3-19(4-2)24-20-15-17-23(18-16-20)25(21-11-7-5-8-12-21)22-13-9-6-10-14-22/h3-18H,1H2,2H3/q+1/b19-4+. The van der Waals surface area contributed by atoms with E-state index in [1.807, 2.05) is 13.0 Å². The van der Waals surface area contributed by atoms with E-state index < -0.39 is 0 Å². The molecule has 0 saturated heterocycles. The highest BCUT2D eigenvalue weighted by Crippen LogP contribution is 2.33. The highest BCUT2D eigenvalue weighted by Gasteiger charge is 2.27. The molecule has 0 aromatic heterocycles. The van der Waals surface area contributed by atoms with Crippen LogP contribution in [-0.2, 0) is 10.9 Å². The van der Waals surface area contributed by atoms with Crippen molar-refractivity contribution in [2.45, 2.75) is 26.5 Å². The molecule has 0 heterocycles. The summed E-state index contributed by atoms with van der Waals surface area (Å²) in [5.41, 5.74) is 0. The zero-order chi connectivity index (χ0) is 17.5. The number of rotatable bonds is 6. The fourth-order valence-electron chi connectivity index (χ4n) is 2.52. The summed E-state index contributed by atoms with van der Waals surface area (Å²) in [5, 5.41) is 0. The second-order valence-electron chi connectivity index (χ2n) is 5.40. The molecule has 2 heteroatoms. The summed E-state index contributed by atoms with van der Waals surface area (Å²) >= 11 is 1.75. The van der Waals surface area contributed by atoms with Crippen LogP contribution in [0.3, 0.4) is 0 Å². The summed E-state index contributed by atoms with van der Waals surface area (Å²) in [5.74, 6) is 0. The molecule has 0 saturated carbocycles. The van der Waals surface area contributed by atoms with Gasteiger partial charge in [0.1, 0.15) is 0 Å². The lowest BCUT2D eigenvalue weighted by molar-refractivity contribution is 1.29. The monoisotopic (exact) mass is 361 g/mol. The van der Waals surface area contributed by atoms with E-state index in [4.69, 9.17) is 0 Å². The molecule has 25 heavy (non-hydrogen) atoms. The van der Waals surface area contributed by atoms with Crippen molar-refractivity contribution in [3.8, 4) is 0 Å². The Labute approximate surface area is 157 Å². The van der Waals surface area contributed by atoms with E-state index in [9.17, 15) is 0 Å². The molecule has 0 nitrogen and oxygen atoms in total. The van der Waals surface area contributed by atoms with Crippen molar-refractivity contribution in [1.29, 1.82) is 0 Å². The topological polar surface area (TPSA) is 0 Å². The van der Waals surface area contributed by atoms with E-state index in [-0.39, 0.29) is 10.9 Å². The second kappa shape index (κ2) is 8.80. The Morgan fingerprint density at radius 3 is 1.68 bits per heavy atom. The van der Waals surface area contributed by atoms with E-state index in [0.717, 1.165) is 0 Å². The van der Waals surface area contributed by atoms with E-state index in [0.29, 0.717) is 0 Å². The van der Waals surface area contributed by atoms with Crippen molar-refractivity contribution in [2.75, 3.05) is 0 Å². The van der Waals surface area contributed by atoms with Gasteiger partial charge in [0.05, 0.1) is 10.9 Å². The summed E-state index contributed by atoms with van der Waals surface area (Å²) in [6.07, 6.45) is 3.99. The van der Waals surface area contributed by atoms with Gasteiger partial charge < -0.3 is 0 Å². The van der Waals surface area contributed by atoms with E-state index >= 15 is 0 Å². The average molecular weight is 362 g/mol.